The minimum atomic E-state index is -0.120. The first-order valence-electron chi connectivity index (χ1n) is 8.96. The van der Waals surface area contributed by atoms with Gasteiger partial charge in [-0.1, -0.05) is 19.8 Å². The predicted molar refractivity (Wildman–Crippen MR) is 94.0 cm³/mol. The lowest BCUT2D eigenvalue weighted by molar-refractivity contribution is -0.124. The van der Waals surface area contributed by atoms with E-state index in [1.165, 1.54) is 19.3 Å². The van der Waals surface area contributed by atoms with Gasteiger partial charge in [-0.15, -0.1) is 0 Å². The maximum atomic E-state index is 12.1. The van der Waals surface area contributed by atoms with Crippen LogP contribution in [0.1, 0.15) is 51.0 Å². The highest BCUT2D eigenvalue weighted by atomic mass is 16.5. The lowest BCUT2D eigenvalue weighted by Gasteiger charge is -2.28. The molecule has 0 saturated heterocycles. The fourth-order valence-corrected chi connectivity index (χ4v) is 3.56. The van der Waals surface area contributed by atoms with Crippen LogP contribution >= 0.6 is 0 Å². The van der Waals surface area contributed by atoms with Crippen molar-refractivity contribution in [1.29, 1.82) is 0 Å². The molecule has 2 aliphatic rings. The van der Waals surface area contributed by atoms with Crippen molar-refractivity contribution in [2.24, 2.45) is 5.92 Å². The average Bonchev–Trinajstić information content (AvgIpc) is 2.74. The number of nitrogens with one attached hydrogen (secondary N) is 2. The molecule has 2 atom stereocenters. The van der Waals surface area contributed by atoms with E-state index in [0.717, 1.165) is 36.2 Å². The van der Waals surface area contributed by atoms with Gasteiger partial charge in [-0.3, -0.25) is 9.59 Å². The second kappa shape index (κ2) is 7.79. The van der Waals surface area contributed by atoms with E-state index in [1.807, 2.05) is 18.2 Å². The van der Waals surface area contributed by atoms with Crippen molar-refractivity contribution in [1.82, 2.24) is 0 Å². The van der Waals surface area contributed by atoms with Gasteiger partial charge in [0, 0.05) is 17.8 Å². The molecule has 3 rings (SSSR count). The first kappa shape index (κ1) is 17.0. The summed E-state index contributed by atoms with van der Waals surface area (Å²) in [5.74, 6) is 0.466. The van der Waals surface area contributed by atoms with E-state index in [4.69, 9.17) is 4.74 Å². The minimum Gasteiger partial charge on any atom is -0.368 e. The van der Waals surface area contributed by atoms with Crippen molar-refractivity contribution in [3.05, 3.63) is 23.8 Å². The van der Waals surface area contributed by atoms with Gasteiger partial charge in [-0.2, -0.15) is 0 Å². The summed E-state index contributed by atoms with van der Waals surface area (Å²) < 4.78 is 5.81. The second-order valence-corrected chi connectivity index (χ2v) is 6.93. The van der Waals surface area contributed by atoms with Crippen molar-refractivity contribution in [3.8, 4) is 0 Å². The van der Waals surface area contributed by atoms with Crippen LogP contribution in [0.5, 0.6) is 0 Å². The molecule has 1 fully saturated rings. The minimum absolute atomic E-state index is 0.0561. The molecular weight excluding hydrogens is 304 g/mol. The van der Waals surface area contributed by atoms with E-state index in [1.54, 1.807) is 0 Å². The van der Waals surface area contributed by atoms with Crippen LogP contribution in [0.2, 0.25) is 0 Å². The maximum absolute atomic E-state index is 12.1. The van der Waals surface area contributed by atoms with Gasteiger partial charge >= 0.3 is 0 Å². The first-order valence-corrected chi connectivity index (χ1v) is 8.96. The number of benzene rings is 1. The number of anilines is 2. The fraction of sp³-hybridized carbons (Fsp3) is 0.579. The zero-order chi connectivity index (χ0) is 16.9. The van der Waals surface area contributed by atoms with Gasteiger partial charge < -0.3 is 15.4 Å². The Balaban J connectivity index is 1.54. The standard InChI is InChI=1S/C19H26N2O3/c1-13-5-2-3-7-17(13)24-12-19(23)20-15-9-10-16-14(11-15)6-4-8-18(22)21-16/h9-11,13,17H,2-8,12H2,1H3,(H,20,23)(H,21,22). The molecular formula is C19H26N2O3. The summed E-state index contributed by atoms with van der Waals surface area (Å²) >= 11 is 0. The quantitative estimate of drug-likeness (QED) is 0.888. The van der Waals surface area contributed by atoms with Crippen LogP contribution in [0.4, 0.5) is 11.4 Å². The van der Waals surface area contributed by atoms with Crippen LogP contribution in [0.3, 0.4) is 0 Å². The van der Waals surface area contributed by atoms with Crippen molar-refractivity contribution in [3.63, 3.8) is 0 Å². The zero-order valence-electron chi connectivity index (χ0n) is 14.3. The fourth-order valence-electron chi connectivity index (χ4n) is 3.56. The van der Waals surface area contributed by atoms with E-state index in [0.29, 0.717) is 12.3 Å². The molecule has 1 aliphatic carbocycles. The summed E-state index contributed by atoms with van der Waals surface area (Å²) in [6, 6.07) is 5.63. The number of aryl methyl sites for hydroxylation is 1. The number of amides is 2. The molecule has 24 heavy (non-hydrogen) atoms. The van der Waals surface area contributed by atoms with Gasteiger partial charge in [0.2, 0.25) is 11.8 Å². The summed E-state index contributed by atoms with van der Waals surface area (Å²) in [6.07, 6.45) is 7.10. The Morgan fingerprint density at radius 1 is 1.25 bits per heavy atom. The molecule has 0 spiro atoms. The van der Waals surface area contributed by atoms with Gasteiger partial charge in [-0.25, -0.2) is 0 Å². The lowest BCUT2D eigenvalue weighted by Crippen LogP contribution is -2.29. The van der Waals surface area contributed by atoms with Crippen molar-refractivity contribution < 1.29 is 14.3 Å². The van der Waals surface area contributed by atoms with Gasteiger partial charge in [0.1, 0.15) is 6.61 Å². The van der Waals surface area contributed by atoms with Gasteiger partial charge in [-0.05, 0) is 55.4 Å². The average molecular weight is 330 g/mol. The molecule has 5 heteroatoms. The maximum Gasteiger partial charge on any atom is 0.250 e. The van der Waals surface area contributed by atoms with Crippen molar-refractivity contribution >= 4 is 23.2 Å². The van der Waals surface area contributed by atoms with Gasteiger partial charge in [0.05, 0.1) is 6.10 Å². The monoisotopic (exact) mass is 330 g/mol. The smallest absolute Gasteiger partial charge is 0.250 e. The number of fused-ring (bicyclic) bond motifs is 1. The van der Waals surface area contributed by atoms with Crippen LogP contribution < -0.4 is 10.6 Å². The summed E-state index contributed by atoms with van der Waals surface area (Å²) in [7, 11) is 0. The second-order valence-electron chi connectivity index (χ2n) is 6.93. The van der Waals surface area contributed by atoms with Crippen LogP contribution in [0.15, 0.2) is 18.2 Å². The molecule has 1 aliphatic heterocycles. The zero-order valence-corrected chi connectivity index (χ0v) is 14.3. The van der Waals surface area contributed by atoms with E-state index >= 15 is 0 Å². The number of ether oxygens (including phenoxy) is 1. The molecule has 0 radical (unpaired) electrons. The van der Waals surface area contributed by atoms with E-state index in [9.17, 15) is 9.59 Å². The summed E-state index contributed by atoms with van der Waals surface area (Å²) in [6.45, 7) is 2.30. The number of carbonyl (C=O) groups is 2. The van der Waals surface area contributed by atoms with Crippen LogP contribution in [-0.4, -0.2) is 24.5 Å². The molecule has 1 aromatic carbocycles. The largest absolute Gasteiger partial charge is 0.368 e. The molecule has 2 amide bonds. The SMILES string of the molecule is CC1CCCCC1OCC(=O)Nc1ccc2c(c1)CCCC(=O)N2. The Hall–Kier alpha value is -1.88. The molecule has 2 N–H and O–H groups in total. The van der Waals surface area contributed by atoms with Crippen LogP contribution in [-0.2, 0) is 20.7 Å². The molecule has 130 valence electrons. The predicted octanol–water partition coefficient (Wildman–Crippen LogP) is 3.50. The topological polar surface area (TPSA) is 67.4 Å². The van der Waals surface area contributed by atoms with Crippen molar-refractivity contribution in [2.75, 3.05) is 17.2 Å². The highest BCUT2D eigenvalue weighted by Gasteiger charge is 2.22. The van der Waals surface area contributed by atoms with Gasteiger partial charge in [0.25, 0.3) is 0 Å². The summed E-state index contributed by atoms with van der Waals surface area (Å²) in [5.41, 5.74) is 2.68. The number of carbonyl (C=O) groups excluding carboxylic acids is 2. The molecule has 0 aromatic heterocycles. The molecule has 0 bridgehead atoms. The molecule has 5 nitrogen and oxygen atoms in total. The Morgan fingerprint density at radius 2 is 2.08 bits per heavy atom. The lowest BCUT2D eigenvalue weighted by atomic mass is 9.88. The Labute approximate surface area is 143 Å². The molecule has 1 aromatic rings. The summed E-state index contributed by atoms with van der Waals surface area (Å²) in [5, 5.41) is 5.80. The van der Waals surface area contributed by atoms with Crippen molar-refractivity contribution in [2.45, 2.75) is 58.0 Å². The number of hydrogen-bond acceptors (Lipinski definition) is 3. The molecule has 2 unspecified atom stereocenters. The third kappa shape index (κ3) is 4.35. The molecule has 1 saturated carbocycles. The number of rotatable bonds is 4. The Morgan fingerprint density at radius 3 is 2.92 bits per heavy atom. The van der Waals surface area contributed by atoms with Crippen LogP contribution in [0.25, 0.3) is 0 Å². The van der Waals surface area contributed by atoms with E-state index in [-0.39, 0.29) is 24.5 Å². The highest BCUT2D eigenvalue weighted by molar-refractivity contribution is 5.94. The number of hydrogen-bond donors (Lipinski definition) is 2. The Bertz CT molecular complexity index is 615. The summed E-state index contributed by atoms with van der Waals surface area (Å²) in [4.78, 5) is 23.7. The molecule has 1 heterocycles. The Kier molecular flexibility index (Phi) is 5.51. The first-order chi connectivity index (χ1) is 11.6. The third-order valence-corrected chi connectivity index (χ3v) is 4.97. The van der Waals surface area contributed by atoms with E-state index < -0.39 is 0 Å². The van der Waals surface area contributed by atoms with Crippen LogP contribution in [0, 0.1) is 5.92 Å². The van der Waals surface area contributed by atoms with E-state index in [2.05, 4.69) is 17.6 Å². The third-order valence-electron chi connectivity index (χ3n) is 4.97. The normalized spacial score (nSPS) is 23.8. The highest BCUT2D eigenvalue weighted by Crippen LogP contribution is 2.27. The van der Waals surface area contributed by atoms with Gasteiger partial charge in [0.15, 0.2) is 0 Å².